The van der Waals surface area contributed by atoms with Gasteiger partial charge in [0.05, 0.1) is 12.0 Å². The fourth-order valence-corrected chi connectivity index (χ4v) is 1.52. The van der Waals surface area contributed by atoms with E-state index in [9.17, 15) is 9.59 Å². The number of carboxylic acid groups (broad SMARTS) is 1. The number of nitrogens with one attached hydrogen (secondary N) is 2. The summed E-state index contributed by atoms with van der Waals surface area (Å²) in [5, 5.41) is 20.8. The second kappa shape index (κ2) is 4.65. The highest BCUT2D eigenvalue weighted by Crippen LogP contribution is 2.14. The molecule has 2 aromatic heterocycles. The second-order valence-electron chi connectivity index (χ2n) is 4.21. The van der Waals surface area contributed by atoms with Crippen LogP contribution in [0.2, 0.25) is 0 Å². The monoisotopic (exact) mass is 264 g/mol. The average Bonchev–Trinajstić information content (AvgIpc) is 2.86. The van der Waals surface area contributed by atoms with Crippen molar-refractivity contribution in [2.24, 2.45) is 0 Å². The third-order valence-corrected chi connectivity index (χ3v) is 2.75. The summed E-state index contributed by atoms with van der Waals surface area (Å²) < 4.78 is 0. The summed E-state index contributed by atoms with van der Waals surface area (Å²) in [4.78, 5) is 33.6. The lowest BCUT2D eigenvalue weighted by atomic mass is 10.0. The predicted molar refractivity (Wildman–Crippen MR) is 64.5 cm³/mol. The molecular weight excluding hydrogens is 252 g/mol. The number of hydrogen-bond acceptors (Lipinski definition) is 5. The third-order valence-electron chi connectivity index (χ3n) is 2.75. The summed E-state index contributed by atoms with van der Waals surface area (Å²) in [7, 11) is 0. The number of aromatic nitrogens is 3. The van der Waals surface area contributed by atoms with Crippen LogP contribution < -0.4 is 5.32 Å². The van der Waals surface area contributed by atoms with Crippen LogP contribution >= 0.6 is 0 Å². The van der Waals surface area contributed by atoms with Gasteiger partial charge < -0.3 is 20.5 Å². The standard InChI is InChI=1S/C11H12N4O4/c1-11(4-16,10(18)19)15-9(17)7-6-2-3-12-8(6)14-5-13-7/h2-3,5,16H,4H2,1H3,(H,15,17)(H,18,19)(H,12,13,14). The minimum atomic E-state index is -1.76. The molecule has 2 heterocycles. The number of amides is 1. The van der Waals surface area contributed by atoms with E-state index in [2.05, 4.69) is 20.3 Å². The summed E-state index contributed by atoms with van der Waals surface area (Å²) in [5.41, 5.74) is -1.24. The van der Waals surface area contributed by atoms with Crippen LogP contribution in [0.1, 0.15) is 17.4 Å². The highest BCUT2D eigenvalue weighted by Gasteiger charge is 2.35. The van der Waals surface area contributed by atoms with Crippen molar-refractivity contribution in [3.05, 3.63) is 24.3 Å². The first-order valence-electron chi connectivity index (χ1n) is 5.43. The average molecular weight is 264 g/mol. The molecule has 8 heteroatoms. The maximum Gasteiger partial charge on any atom is 0.331 e. The van der Waals surface area contributed by atoms with Gasteiger partial charge in [-0.05, 0) is 13.0 Å². The quantitative estimate of drug-likeness (QED) is 0.590. The van der Waals surface area contributed by atoms with Crippen LogP contribution in [-0.2, 0) is 4.79 Å². The molecule has 0 aliphatic rings. The molecule has 0 bridgehead atoms. The number of H-pyrrole nitrogens is 1. The summed E-state index contributed by atoms with van der Waals surface area (Å²) in [6.45, 7) is 0.484. The third kappa shape index (κ3) is 2.25. The molecule has 0 aliphatic carbocycles. The number of nitrogens with zero attached hydrogens (tertiary/aromatic N) is 2. The van der Waals surface area contributed by atoms with E-state index in [0.717, 1.165) is 0 Å². The number of aliphatic carboxylic acids is 1. The van der Waals surface area contributed by atoms with Crippen LogP contribution in [0.5, 0.6) is 0 Å². The SMILES string of the molecule is CC(CO)(NC(=O)c1ncnc2[nH]ccc12)C(=O)O. The summed E-state index contributed by atoms with van der Waals surface area (Å²) in [6, 6.07) is 1.61. The Morgan fingerprint density at radius 1 is 1.47 bits per heavy atom. The Morgan fingerprint density at radius 3 is 2.84 bits per heavy atom. The maximum atomic E-state index is 12.0. The number of carbonyl (C=O) groups excluding carboxylic acids is 1. The van der Waals surface area contributed by atoms with Crippen molar-refractivity contribution in [2.45, 2.75) is 12.5 Å². The Bertz CT molecular complexity index is 638. The summed E-state index contributed by atoms with van der Waals surface area (Å²) in [5.74, 6) is -2.02. The number of aliphatic hydroxyl groups excluding tert-OH is 1. The van der Waals surface area contributed by atoms with E-state index in [-0.39, 0.29) is 5.69 Å². The van der Waals surface area contributed by atoms with E-state index in [1.807, 2.05) is 0 Å². The molecule has 0 fully saturated rings. The zero-order valence-electron chi connectivity index (χ0n) is 10.0. The van der Waals surface area contributed by atoms with Crippen LogP contribution in [0.15, 0.2) is 18.6 Å². The van der Waals surface area contributed by atoms with Crippen molar-refractivity contribution in [1.82, 2.24) is 20.3 Å². The second-order valence-corrected chi connectivity index (χ2v) is 4.21. The number of fused-ring (bicyclic) bond motifs is 1. The van der Waals surface area contributed by atoms with Crippen LogP contribution in [0.3, 0.4) is 0 Å². The molecule has 100 valence electrons. The fraction of sp³-hybridized carbons (Fsp3) is 0.273. The lowest BCUT2D eigenvalue weighted by Gasteiger charge is -2.23. The number of carbonyl (C=O) groups is 2. The fourth-order valence-electron chi connectivity index (χ4n) is 1.52. The summed E-state index contributed by atoms with van der Waals surface area (Å²) in [6.07, 6.45) is 2.80. The van der Waals surface area contributed by atoms with E-state index >= 15 is 0 Å². The number of aromatic amines is 1. The van der Waals surface area contributed by atoms with Gasteiger partial charge in [-0.2, -0.15) is 0 Å². The molecule has 8 nitrogen and oxygen atoms in total. The topological polar surface area (TPSA) is 128 Å². The molecule has 19 heavy (non-hydrogen) atoms. The first-order chi connectivity index (χ1) is 8.98. The molecule has 0 saturated heterocycles. The lowest BCUT2D eigenvalue weighted by molar-refractivity contribution is -0.145. The highest BCUT2D eigenvalue weighted by atomic mass is 16.4. The Hall–Kier alpha value is -2.48. The first-order valence-corrected chi connectivity index (χ1v) is 5.43. The van der Waals surface area contributed by atoms with Gasteiger partial charge in [0.2, 0.25) is 0 Å². The van der Waals surface area contributed by atoms with Crippen LogP contribution in [0.4, 0.5) is 0 Å². The van der Waals surface area contributed by atoms with Crippen molar-refractivity contribution < 1.29 is 19.8 Å². The first kappa shape index (κ1) is 13.0. The molecule has 0 aliphatic heterocycles. The molecule has 2 rings (SSSR count). The zero-order valence-corrected chi connectivity index (χ0v) is 10.0. The molecule has 1 unspecified atom stereocenters. The van der Waals surface area contributed by atoms with Crippen molar-refractivity contribution in [2.75, 3.05) is 6.61 Å². The maximum absolute atomic E-state index is 12.0. The molecule has 1 amide bonds. The van der Waals surface area contributed by atoms with Crippen molar-refractivity contribution in [1.29, 1.82) is 0 Å². The van der Waals surface area contributed by atoms with E-state index < -0.39 is 24.0 Å². The number of carboxylic acids is 1. The van der Waals surface area contributed by atoms with Gasteiger partial charge in [-0.25, -0.2) is 14.8 Å². The summed E-state index contributed by atoms with van der Waals surface area (Å²) >= 11 is 0. The van der Waals surface area contributed by atoms with Crippen molar-refractivity contribution in [3.63, 3.8) is 0 Å². The minimum Gasteiger partial charge on any atom is -0.479 e. The van der Waals surface area contributed by atoms with Crippen LogP contribution in [0.25, 0.3) is 11.0 Å². The molecular formula is C11H12N4O4. The van der Waals surface area contributed by atoms with Crippen LogP contribution in [-0.4, -0.2) is 49.2 Å². The molecule has 1 atom stereocenters. The van der Waals surface area contributed by atoms with Gasteiger partial charge in [-0.1, -0.05) is 0 Å². The van der Waals surface area contributed by atoms with Crippen molar-refractivity contribution >= 4 is 22.9 Å². The Balaban J connectivity index is 2.35. The van der Waals surface area contributed by atoms with E-state index in [1.54, 1.807) is 12.3 Å². The molecule has 2 aromatic rings. The van der Waals surface area contributed by atoms with E-state index in [1.165, 1.54) is 13.3 Å². The zero-order chi connectivity index (χ0) is 14.0. The van der Waals surface area contributed by atoms with Gasteiger partial charge in [0.15, 0.2) is 5.54 Å². The minimum absolute atomic E-state index is 0.0483. The van der Waals surface area contributed by atoms with Crippen LogP contribution in [0, 0.1) is 0 Å². The largest absolute Gasteiger partial charge is 0.479 e. The van der Waals surface area contributed by atoms with E-state index in [4.69, 9.17) is 10.2 Å². The van der Waals surface area contributed by atoms with E-state index in [0.29, 0.717) is 11.0 Å². The Kier molecular flexibility index (Phi) is 3.17. The molecule has 0 spiro atoms. The highest BCUT2D eigenvalue weighted by molar-refractivity contribution is 6.05. The predicted octanol–water partition coefficient (Wildman–Crippen LogP) is -0.477. The number of aliphatic hydroxyl groups is 1. The van der Waals surface area contributed by atoms with Gasteiger partial charge in [0, 0.05) is 6.20 Å². The van der Waals surface area contributed by atoms with Gasteiger partial charge >= 0.3 is 5.97 Å². The smallest absolute Gasteiger partial charge is 0.331 e. The Labute approximate surface area is 107 Å². The Morgan fingerprint density at radius 2 is 2.21 bits per heavy atom. The van der Waals surface area contributed by atoms with Gasteiger partial charge in [0.25, 0.3) is 5.91 Å². The number of hydrogen-bond donors (Lipinski definition) is 4. The molecule has 0 radical (unpaired) electrons. The number of rotatable bonds is 4. The normalized spacial score (nSPS) is 14.0. The van der Waals surface area contributed by atoms with Crippen molar-refractivity contribution in [3.8, 4) is 0 Å². The molecule has 0 saturated carbocycles. The van der Waals surface area contributed by atoms with Gasteiger partial charge in [-0.3, -0.25) is 4.79 Å². The lowest BCUT2D eigenvalue weighted by Crippen LogP contribution is -2.55. The van der Waals surface area contributed by atoms with Gasteiger partial charge in [-0.15, -0.1) is 0 Å². The molecule has 0 aromatic carbocycles. The van der Waals surface area contributed by atoms with Gasteiger partial charge in [0.1, 0.15) is 17.7 Å². The molecule has 4 N–H and O–H groups in total.